The summed E-state index contributed by atoms with van der Waals surface area (Å²) in [5, 5.41) is 7.83. The van der Waals surface area contributed by atoms with Gasteiger partial charge >= 0.3 is 5.97 Å². The molecular weight excluding hydrogens is 423 g/mol. The lowest BCUT2D eigenvalue weighted by molar-refractivity contribution is 0.0563. The number of furan rings is 1. The first kappa shape index (κ1) is 20.6. The Morgan fingerprint density at radius 1 is 1.18 bits per heavy atom. The fraction of sp³-hybridized carbons (Fsp3) is 0.222. The van der Waals surface area contributed by atoms with Crippen LogP contribution >= 0.6 is 34.9 Å². The second-order valence-electron chi connectivity index (χ2n) is 5.51. The number of carbonyl (C=O) groups is 2. The Kier molecular flexibility index (Phi) is 6.87. The van der Waals surface area contributed by atoms with Crippen molar-refractivity contribution < 1.29 is 23.1 Å². The molecule has 0 spiro atoms. The number of halogens is 1. The molecule has 2 heterocycles. The number of nitrogens with zero attached hydrogens (tertiary/aromatic N) is 2. The fourth-order valence-corrected chi connectivity index (χ4v) is 5.29. The van der Waals surface area contributed by atoms with Gasteiger partial charge in [0.25, 0.3) is 0 Å². The Labute approximate surface area is 172 Å². The van der Waals surface area contributed by atoms with E-state index in [4.69, 9.17) is 4.42 Å². The first-order valence-electron chi connectivity index (χ1n) is 8.06. The molecule has 3 rings (SSSR count). The summed E-state index contributed by atoms with van der Waals surface area (Å²) >= 11 is 4.10. The number of rotatable bonds is 8. The van der Waals surface area contributed by atoms with E-state index in [-0.39, 0.29) is 22.6 Å². The van der Waals surface area contributed by atoms with Gasteiger partial charge in [-0.25, -0.2) is 9.18 Å². The molecule has 0 aliphatic carbocycles. The van der Waals surface area contributed by atoms with E-state index in [1.54, 1.807) is 19.1 Å². The van der Waals surface area contributed by atoms with Crippen LogP contribution in [0.5, 0.6) is 0 Å². The van der Waals surface area contributed by atoms with Gasteiger partial charge in [0.2, 0.25) is 5.76 Å². The van der Waals surface area contributed by atoms with E-state index in [1.807, 2.05) is 0 Å². The van der Waals surface area contributed by atoms with Crippen LogP contribution in [0.2, 0.25) is 0 Å². The normalized spacial score (nSPS) is 12.0. The number of ketones is 1. The first-order chi connectivity index (χ1) is 13.5. The van der Waals surface area contributed by atoms with E-state index in [9.17, 15) is 14.0 Å². The third-order valence-electron chi connectivity index (χ3n) is 3.55. The molecule has 0 bridgehead atoms. The van der Waals surface area contributed by atoms with Gasteiger partial charge in [0.1, 0.15) is 11.6 Å². The zero-order valence-corrected chi connectivity index (χ0v) is 17.3. The Hall–Kier alpha value is -2.17. The van der Waals surface area contributed by atoms with Gasteiger partial charge < -0.3 is 9.15 Å². The van der Waals surface area contributed by atoms with Crippen molar-refractivity contribution in [3.8, 4) is 0 Å². The van der Waals surface area contributed by atoms with Gasteiger partial charge in [-0.05, 0) is 43.3 Å². The minimum atomic E-state index is -0.523. The van der Waals surface area contributed by atoms with Crippen molar-refractivity contribution in [2.75, 3.05) is 7.11 Å². The SMILES string of the molecule is COC(=O)c1ccc(CSc2nnc(S[C@@H](C)C(=O)c3ccc(F)cc3)s2)o1. The molecule has 10 heteroatoms. The van der Waals surface area contributed by atoms with Crippen molar-refractivity contribution in [2.45, 2.75) is 26.6 Å². The summed E-state index contributed by atoms with van der Waals surface area (Å²) in [5.41, 5.74) is 0.458. The quantitative estimate of drug-likeness (QED) is 0.284. The van der Waals surface area contributed by atoms with Crippen molar-refractivity contribution in [3.63, 3.8) is 0 Å². The number of benzene rings is 1. The number of ether oxygens (including phenoxy) is 1. The lowest BCUT2D eigenvalue weighted by Crippen LogP contribution is -2.13. The highest BCUT2D eigenvalue weighted by Crippen LogP contribution is 2.33. The predicted molar refractivity (Wildman–Crippen MR) is 106 cm³/mol. The van der Waals surface area contributed by atoms with Gasteiger partial charge in [-0.1, -0.05) is 34.9 Å². The Bertz CT molecular complexity index is 971. The summed E-state index contributed by atoms with van der Waals surface area (Å²) in [5.74, 6) is 0.263. The van der Waals surface area contributed by atoms with Crippen LogP contribution in [0, 0.1) is 5.82 Å². The lowest BCUT2D eigenvalue weighted by Gasteiger charge is -2.07. The lowest BCUT2D eigenvalue weighted by atomic mass is 10.1. The Morgan fingerprint density at radius 2 is 1.89 bits per heavy atom. The van der Waals surface area contributed by atoms with Crippen LogP contribution in [0.4, 0.5) is 4.39 Å². The highest BCUT2D eigenvalue weighted by molar-refractivity contribution is 8.03. The Morgan fingerprint density at radius 3 is 2.61 bits per heavy atom. The molecule has 28 heavy (non-hydrogen) atoms. The number of methoxy groups -OCH3 is 1. The number of thioether (sulfide) groups is 2. The van der Waals surface area contributed by atoms with Crippen molar-refractivity contribution in [3.05, 3.63) is 59.3 Å². The summed E-state index contributed by atoms with van der Waals surface area (Å²) in [6.07, 6.45) is 0. The Balaban J connectivity index is 1.55. The summed E-state index contributed by atoms with van der Waals surface area (Å²) in [6.45, 7) is 1.78. The van der Waals surface area contributed by atoms with Gasteiger partial charge in [0.15, 0.2) is 14.5 Å². The van der Waals surface area contributed by atoms with Crippen molar-refractivity contribution in [1.29, 1.82) is 0 Å². The first-order valence-corrected chi connectivity index (χ1v) is 10.7. The second-order valence-corrected chi connectivity index (χ2v) is 9.30. The van der Waals surface area contributed by atoms with Crippen LogP contribution in [0.15, 0.2) is 49.5 Å². The molecule has 1 aromatic carbocycles. The fourth-order valence-electron chi connectivity index (χ4n) is 2.16. The standard InChI is InChI=1S/C18H15FN2O4S3/c1-10(15(22)11-3-5-12(19)6-4-11)27-18-21-20-17(28-18)26-9-13-7-8-14(25-13)16(23)24-2/h3-8,10H,9H2,1-2H3/t10-/m0/s1. The summed E-state index contributed by atoms with van der Waals surface area (Å²) in [7, 11) is 1.29. The van der Waals surface area contributed by atoms with Crippen molar-refractivity contribution in [1.82, 2.24) is 10.2 Å². The van der Waals surface area contributed by atoms with E-state index in [2.05, 4.69) is 14.9 Å². The monoisotopic (exact) mass is 438 g/mol. The third kappa shape index (κ3) is 5.21. The summed E-state index contributed by atoms with van der Waals surface area (Å²) in [6, 6.07) is 8.75. The topological polar surface area (TPSA) is 82.3 Å². The maximum Gasteiger partial charge on any atom is 0.373 e. The number of Topliss-reactive ketones (excluding diaryl/α,β-unsaturated/α-hetero) is 1. The zero-order valence-electron chi connectivity index (χ0n) is 14.9. The molecule has 6 nitrogen and oxygen atoms in total. The molecule has 0 fully saturated rings. The number of aromatic nitrogens is 2. The van der Waals surface area contributed by atoms with Crippen LogP contribution in [-0.2, 0) is 10.5 Å². The number of carbonyl (C=O) groups excluding carboxylic acids is 2. The van der Waals surface area contributed by atoms with E-state index >= 15 is 0 Å². The molecule has 0 aliphatic heterocycles. The second kappa shape index (κ2) is 9.35. The zero-order chi connectivity index (χ0) is 20.1. The average Bonchev–Trinajstić information content (AvgIpc) is 3.35. The van der Waals surface area contributed by atoms with Crippen LogP contribution in [0.3, 0.4) is 0 Å². The molecule has 1 atom stereocenters. The molecule has 3 aromatic rings. The number of hydrogen-bond donors (Lipinski definition) is 0. The minimum absolute atomic E-state index is 0.0969. The van der Waals surface area contributed by atoms with Gasteiger partial charge in [-0.2, -0.15) is 0 Å². The maximum atomic E-state index is 13.0. The maximum absolute atomic E-state index is 13.0. The molecule has 0 unspecified atom stereocenters. The van der Waals surface area contributed by atoms with Crippen molar-refractivity contribution in [2.24, 2.45) is 0 Å². The number of hydrogen-bond acceptors (Lipinski definition) is 9. The molecular formula is C18H15FN2O4S3. The molecule has 146 valence electrons. The third-order valence-corrected chi connectivity index (χ3v) is 6.81. The van der Waals surface area contributed by atoms with Gasteiger partial charge in [0, 0.05) is 5.56 Å². The van der Waals surface area contributed by atoms with Crippen LogP contribution < -0.4 is 0 Å². The molecule has 2 aromatic heterocycles. The minimum Gasteiger partial charge on any atom is -0.463 e. The molecule has 0 radical (unpaired) electrons. The van der Waals surface area contributed by atoms with E-state index < -0.39 is 5.97 Å². The highest BCUT2D eigenvalue weighted by Gasteiger charge is 2.19. The van der Waals surface area contributed by atoms with Crippen LogP contribution in [0.25, 0.3) is 0 Å². The molecule has 0 saturated carbocycles. The smallest absolute Gasteiger partial charge is 0.373 e. The molecule has 0 aliphatic rings. The van der Waals surface area contributed by atoms with Crippen LogP contribution in [0.1, 0.15) is 33.6 Å². The summed E-state index contributed by atoms with van der Waals surface area (Å²) < 4.78 is 24.4. The largest absolute Gasteiger partial charge is 0.463 e. The predicted octanol–water partition coefficient (Wildman–Crippen LogP) is 4.71. The van der Waals surface area contributed by atoms with Gasteiger partial charge in [-0.3, -0.25) is 4.79 Å². The molecule has 0 N–H and O–H groups in total. The highest BCUT2D eigenvalue weighted by atomic mass is 32.2. The summed E-state index contributed by atoms with van der Waals surface area (Å²) in [4.78, 5) is 23.8. The average molecular weight is 439 g/mol. The van der Waals surface area contributed by atoms with Crippen molar-refractivity contribution >= 4 is 46.6 Å². The van der Waals surface area contributed by atoms with E-state index in [1.165, 1.54) is 66.2 Å². The van der Waals surface area contributed by atoms with Crippen LogP contribution in [-0.4, -0.2) is 34.3 Å². The molecule has 0 amide bonds. The van der Waals surface area contributed by atoms with E-state index in [0.717, 1.165) is 4.34 Å². The molecule has 0 saturated heterocycles. The van der Waals surface area contributed by atoms with Gasteiger partial charge in [0.05, 0.1) is 18.1 Å². The van der Waals surface area contributed by atoms with Gasteiger partial charge in [-0.15, -0.1) is 10.2 Å². The van der Waals surface area contributed by atoms with E-state index in [0.29, 0.717) is 21.4 Å². The number of esters is 1.